The van der Waals surface area contributed by atoms with Gasteiger partial charge in [0.1, 0.15) is 5.56 Å². The van der Waals surface area contributed by atoms with Crippen molar-refractivity contribution < 1.29 is 54.6 Å². The Bertz CT molecular complexity index is 977. The standard InChI is InChI=1S/C17H9F8NO4/c1-30-15(28)16(29,17(23,24)25)6-2-4-7(5-3-6)26-14(27)8-9(18)11(20)13(22)12(21)10(8)19/h2-5,29H,1H3,(H,26,27)/t16-/m1/s1. The Morgan fingerprint density at radius 2 is 1.30 bits per heavy atom. The number of ether oxygens (including phenoxy) is 1. The van der Waals surface area contributed by atoms with E-state index in [0.29, 0.717) is 31.4 Å². The lowest BCUT2D eigenvalue weighted by Gasteiger charge is -2.28. The van der Waals surface area contributed by atoms with Gasteiger partial charge in [0.15, 0.2) is 23.3 Å². The summed E-state index contributed by atoms with van der Waals surface area (Å²) in [5.41, 5.74) is -7.37. The van der Waals surface area contributed by atoms with E-state index in [2.05, 4.69) is 4.74 Å². The summed E-state index contributed by atoms with van der Waals surface area (Å²) in [6.07, 6.45) is -5.50. The maximum absolute atomic E-state index is 13.6. The topological polar surface area (TPSA) is 75.6 Å². The smallest absolute Gasteiger partial charge is 0.432 e. The Morgan fingerprint density at radius 1 is 0.867 bits per heavy atom. The van der Waals surface area contributed by atoms with Crippen molar-refractivity contribution in [3.8, 4) is 0 Å². The Balaban J connectivity index is 2.40. The van der Waals surface area contributed by atoms with Crippen molar-refractivity contribution in [2.24, 2.45) is 0 Å². The van der Waals surface area contributed by atoms with Crippen LogP contribution in [-0.4, -0.2) is 30.3 Å². The predicted octanol–water partition coefficient (Wildman–Crippen LogP) is 3.56. The number of amides is 1. The molecule has 0 unspecified atom stereocenters. The number of halogens is 8. The van der Waals surface area contributed by atoms with Crippen molar-refractivity contribution in [3.05, 3.63) is 64.5 Å². The van der Waals surface area contributed by atoms with E-state index in [9.17, 15) is 49.8 Å². The molecule has 13 heteroatoms. The minimum atomic E-state index is -5.50. The molecule has 5 nitrogen and oxygen atoms in total. The molecule has 0 fully saturated rings. The van der Waals surface area contributed by atoms with Gasteiger partial charge in [-0.3, -0.25) is 4.79 Å². The van der Waals surface area contributed by atoms with E-state index in [1.807, 2.05) is 0 Å². The summed E-state index contributed by atoms with van der Waals surface area (Å²) in [7, 11) is 0.595. The van der Waals surface area contributed by atoms with E-state index in [1.54, 1.807) is 5.32 Å². The minimum Gasteiger partial charge on any atom is -0.466 e. The van der Waals surface area contributed by atoms with E-state index in [1.165, 1.54) is 0 Å². The van der Waals surface area contributed by atoms with Crippen molar-refractivity contribution in [1.29, 1.82) is 0 Å². The van der Waals surface area contributed by atoms with Gasteiger partial charge in [-0.2, -0.15) is 13.2 Å². The van der Waals surface area contributed by atoms with Crippen molar-refractivity contribution in [2.45, 2.75) is 11.8 Å². The number of hydrogen-bond acceptors (Lipinski definition) is 4. The summed E-state index contributed by atoms with van der Waals surface area (Å²) >= 11 is 0. The quantitative estimate of drug-likeness (QED) is 0.328. The van der Waals surface area contributed by atoms with Crippen LogP contribution >= 0.6 is 0 Å². The maximum atomic E-state index is 13.6. The summed E-state index contributed by atoms with van der Waals surface area (Å²) < 4.78 is 110. The molecule has 30 heavy (non-hydrogen) atoms. The third kappa shape index (κ3) is 3.67. The number of carbonyl (C=O) groups is 2. The third-order valence-electron chi connectivity index (χ3n) is 3.89. The van der Waals surface area contributed by atoms with Crippen LogP contribution in [0.3, 0.4) is 0 Å². The third-order valence-corrected chi connectivity index (χ3v) is 3.89. The lowest BCUT2D eigenvalue weighted by molar-refractivity contribution is -0.266. The van der Waals surface area contributed by atoms with Gasteiger partial charge in [-0.1, -0.05) is 12.1 Å². The molecule has 2 aromatic carbocycles. The fourth-order valence-corrected chi connectivity index (χ4v) is 2.34. The van der Waals surface area contributed by atoms with Crippen molar-refractivity contribution in [1.82, 2.24) is 0 Å². The fraction of sp³-hybridized carbons (Fsp3) is 0.176. The number of rotatable bonds is 4. The number of alkyl halides is 3. The second-order valence-corrected chi connectivity index (χ2v) is 5.68. The zero-order valence-corrected chi connectivity index (χ0v) is 14.5. The number of nitrogens with one attached hydrogen (secondary N) is 1. The van der Waals surface area contributed by atoms with E-state index in [4.69, 9.17) is 0 Å². The van der Waals surface area contributed by atoms with Gasteiger partial charge < -0.3 is 15.2 Å². The molecule has 0 aliphatic rings. The number of carbonyl (C=O) groups excluding carboxylic acids is 2. The van der Waals surface area contributed by atoms with Crippen molar-refractivity contribution >= 4 is 17.6 Å². The van der Waals surface area contributed by atoms with Gasteiger partial charge in [-0.15, -0.1) is 0 Å². The summed E-state index contributed by atoms with van der Waals surface area (Å²) in [6.45, 7) is 0. The molecule has 0 saturated carbocycles. The highest BCUT2D eigenvalue weighted by Gasteiger charge is 2.62. The Hall–Kier alpha value is -3.22. The maximum Gasteiger partial charge on any atom is 0.432 e. The van der Waals surface area contributed by atoms with Crippen LogP contribution in [0.2, 0.25) is 0 Å². The molecule has 0 spiro atoms. The summed E-state index contributed by atoms with van der Waals surface area (Å²) in [6, 6.07) is 2.41. The molecular formula is C17H9F8NO4. The molecule has 0 saturated heterocycles. The van der Waals surface area contributed by atoms with Crippen molar-refractivity contribution in [2.75, 3.05) is 12.4 Å². The predicted molar refractivity (Wildman–Crippen MR) is 82.6 cm³/mol. The number of methoxy groups -OCH3 is 1. The van der Waals surface area contributed by atoms with E-state index in [0.717, 1.165) is 0 Å². The summed E-state index contributed by atoms with van der Waals surface area (Å²) in [4.78, 5) is 23.4. The number of anilines is 1. The Labute approximate surface area is 161 Å². The second-order valence-electron chi connectivity index (χ2n) is 5.68. The highest BCUT2D eigenvalue weighted by molar-refractivity contribution is 6.04. The van der Waals surface area contributed by atoms with Gasteiger partial charge >= 0.3 is 12.1 Å². The lowest BCUT2D eigenvalue weighted by Crippen LogP contribution is -2.49. The molecule has 1 amide bonds. The van der Waals surface area contributed by atoms with Gasteiger partial charge in [-0.05, 0) is 12.1 Å². The zero-order chi connectivity index (χ0) is 23.0. The monoisotopic (exact) mass is 443 g/mol. The van der Waals surface area contributed by atoms with Crippen LogP contribution in [0.4, 0.5) is 40.8 Å². The first-order chi connectivity index (χ1) is 13.8. The molecule has 1 atom stereocenters. The average Bonchev–Trinajstić information content (AvgIpc) is 2.69. The summed E-state index contributed by atoms with van der Waals surface area (Å²) in [5, 5.41) is 11.5. The van der Waals surface area contributed by atoms with Gasteiger partial charge in [0.2, 0.25) is 5.82 Å². The molecule has 0 bridgehead atoms. The number of hydrogen-bond donors (Lipinski definition) is 2. The zero-order valence-electron chi connectivity index (χ0n) is 14.5. The molecule has 0 aliphatic heterocycles. The molecule has 0 aliphatic carbocycles. The number of benzene rings is 2. The first kappa shape index (κ1) is 23.1. The molecule has 2 rings (SSSR count). The Kier molecular flexibility index (Phi) is 6.07. The van der Waals surface area contributed by atoms with Crippen LogP contribution in [0.25, 0.3) is 0 Å². The van der Waals surface area contributed by atoms with Gasteiger partial charge in [0, 0.05) is 11.3 Å². The van der Waals surface area contributed by atoms with Crippen LogP contribution in [-0.2, 0) is 15.1 Å². The van der Waals surface area contributed by atoms with Crippen LogP contribution < -0.4 is 5.32 Å². The molecule has 0 heterocycles. The molecule has 162 valence electrons. The largest absolute Gasteiger partial charge is 0.466 e. The van der Waals surface area contributed by atoms with Crippen LogP contribution in [0, 0.1) is 29.1 Å². The molecule has 2 aromatic rings. The number of esters is 1. The second kappa shape index (κ2) is 7.89. The van der Waals surface area contributed by atoms with Crippen molar-refractivity contribution in [3.63, 3.8) is 0 Å². The highest BCUT2D eigenvalue weighted by Crippen LogP contribution is 2.40. The molecule has 0 aromatic heterocycles. The van der Waals surface area contributed by atoms with Crippen LogP contribution in [0.5, 0.6) is 0 Å². The summed E-state index contributed by atoms with van der Waals surface area (Å²) in [5.74, 6) is -15.9. The molecule has 2 N–H and O–H groups in total. The SMILES string of the molecule is COC(=O)[C@](O)(c1ccc(NC(=O)c2c(F)c(F)c(F)c(F)c2F)cc1)C(F)(F)F. The highest BCUT2D eigenvalue weighted by atomic mass is 19.4. The van der Waals surface area contributed by atoms with Gasteiger partial charge in [-0.25, -0.2) is 26.7 Å². The molecular weight excluding hydrogens is 434 g/mol. The normalized spacial score (nSPS) is 13.5. The minimum absolute atomic E-state index is 0.456. The lowest BCUT2D eigenvalue weighted by atomic mass is 9.93. The van der Waals surface area contributed by atoms with E-state index >= 15 is 0 Å². The fourth-order valence-electron chi connectivity index (χ4n) is 2.34. The number of aliphatic hydroxyl groups is 1. The average molecular weight is 443 g/mol. The van der Waals surface area contributed by atoms with Crippen LogP contribution in [0.15, 0.2) is 24.3 Å². The first-order valence-electron chi connectivity index (χ1n) is 7.58. The first-order valence-corrected chi connectivity index (χ1v) is 7.58. The Morgan fingerprint density at radius 3 is 1.70 bits per heavy atom. The molecule has 0 radical (unpaired) electrons. The van der Waals surface area contributed by atoms with E-state index in [-0.39, 0.29) is 0 Å². The van der Waals surface area contributed by atoms with Crippen LogP contribution in [0.1, 0.15) is 15.9 Å². The van der Waals surface area contributed by atoms with E-state index < -0.39 is 69.6 Å². The van der Waals surface area contributed by atoms with Gasteiger partial charge in [0.25, 0.3) is 11.5 Å². The van der Waals surface area contributed by atoms with Gasteiger partial charge in [0.05, 0.1) is 7.11 Å².